The zero-order valence-corrected chi connectivity index (χ0v) is 10.0. The van der Waals surface area contributed by atoms with Crippen LogP contribution >= 0.6 is 0 Å². The summed E-state index contributed by atoms with van der Waals surface area (Å²) in [5.41, 5.74) is 3.08. The molecule has 0 radical (unpaired) electrons. The molecule has 0 atom stereocenters. The summed E-state index contributed by atoms with van der Waals surface area (Å²) in [6.07, 6.45) is 0. The predicted octanol–water partition coefficient (Wildman–Crippen LogP) is 3.89. The average molecular weight is 228 g/mol. The Morgan fingerprint density at radius 1 is 0.765 bits per heavy atom. The Hall–Kier alpha value is -1.96. The molecule has 2 heteroatoms. The van der Waals surface area contributed by atoms with Gasteiger partial charge in [0.1, 0.15) is 11.5 Å². The van der Waals surface area contributed by atoms with E-state index in [4.69, 9.17) is 0 Å². The van der Waals surface area contributed by atoms with Gasteiger partial charge < -0.3 is 10.2 Å². The number of phenolic OH excluding ortho intramolecular Hbond substituents is 2. The maximum Gasteiger partial charge on any atom is 0.119 e. The summed E-state index contributed by atoms with van der Waals surface area (Å²) in [4.78, 5) is 0. The third kappa shape index (κ3) is 2.59. The number of aromatic hydroxyl groups is 2. The molecule has 0 spiro atoms. The highest BCUT2D eigenvalue weighted by Crippen LogP contribution is 2.29. The van der Waals surface area contributed by atoms with Crippen LogP contribution in [-0.2, 0) is 0 Å². The predicted molar refractivity (Wildman–Crippen MR) is 69.3 cm³/mol. The van der Waals surface area contributed by atoms with E-state index in [0.717, 1.165) is 11.1 Å². The molecule has 0 aliphatic carbocycles. The van der Waals surface area contributed by atoms with Crippen molar-refractivity contribution in [3.8, 4) is 22.6 Å². The van der Waals surface area contributed by atoms with E-state index in [0.29, 0.717) is 5.92 Å². The van der Waals surface area contributed by atoms with Gasteiger partial charge in [-0.05, 0) is 34.7 Å². The van der Waals surface area contributed by atoms with Crippen molar-refractivity contribution in [3.63, 3.8) is 0 Å². The lowest BCUT2D eigenvalue weighted by Crippen LogP contribution is -1.86. The first-order valence-corrected chi connectivity index (χ1v) is 5.69. The smallest absolute Gasteiger partial charge is 0.119 e. The minimum atomic E-state index is 0.0768. The van der Waals surface area contributed by atoms with E-state index in [1.54, 1.807) is 12.1 Å². The van der Waals surface area contributed by atoms with Gasteiger partial charge in [-0.15, -0.1) is 0 Å². The minimum Gasteiger partial charge on any atom is -0.508 e. The number of phenols is 2. The van der Waals surface area contributed by atoms with Gasteiger partial charge in [-0.25, -0.2) is 0 Å². The summed E-state index contributed by atoms with van der Waals surface area (Å²) < 4.78 is 0. The van der Waals surface area contributed by atoms with Crippen LogP contribution in [0, 0.1) is 0 Å². The molecule has 0 bridgehead atoms. The van der Waals surface area contributed by atoms with Crippen LogP contribution in [0.15, 0.2) is 42.5 Å². The van der Waals surface area contributed by atoms with Gasteiger partial charge in [0.05, 0.1) is 0 Å². The van der Waals surface area contributed by atoms with E-state index in [1.165, 1.54) is 11.6 Å². The highest BCUT2D eigenvalue weighted by Gasteiger charge is 2.03. The van der Waals surface area contributed by atoms with Crippen LogP contribution in [0.25, 0.3) is 11.1 Å². The molecule has 2 rings (SSSR count). The second-order valence-corrected chi connectivity index (χ2v) is 4.51. The van der Waals surface area contributed by atoms with Crippen LogP contribution in [0.5, 0.6) is 11.5 Å². The Morgan fingerprint density at radius 3 is 1.76 bits per heavy atom. The molecule has 0 saturated heterocycles. The first kappa shape index (κ1) is 11.5. The monoisotopic (exact) mass is 228 g/mol. The largest absolute Gasteiger partial charge is 0.508 e. The number of hydrogen-bond acceptors (Lipinski definition) is 2. The van der Waals surface area contributed by atoms with Gasteiger partial charge in [0, 0.05) is 6.07 Å². The zero-order chi connectivity index (χ0) is 12.4. The van der Waals surface area contributed by atoms with Gasteiger partial charge in [0.2, 0.25) is 0 Å². The van der Waals surface area contributed by atoms with Gasteiger partial charge in [0.15, 0.2) is 0 Å². The van der Waals surface area contributed by atoms with E-state index in [1.807, 2.05) is 12.1 Å². The van der Waals surface area contributed by atoms with E-state index >= 15 is 0 Å². The molecule has 2 N–H and O–H groups in total. The molecule has 2 aromatic rings. The maximum atomic E-state index is 9.44. The Labute approximate surface area is 101 Å². The SMILES string of the molecule is CC(C)c1ccc(-c2cc(O)cc(O)c2)cc1. The molecule has 2 nitrogen and oxygen atoms in total. The number of rotatable bonds is 2. The second-order valence-electron chi connectivity index (χ2n) is 4.51. The molecule has 0 unspecified atom stereocenters. The highest BCUT2D eigenvalue weighted by atomic mass is 16.3. The molecule has 17 heavy (non-hydrogen) atoms. The third-order valence-electron chi connectivity index (χ3n) is 2.81. The second kappa shape index (κ2) is 4.50. The van der Waals surface area contributed by atoms with E-state index in [9.17, 15) is 10.2 Å². The lowest BCUT2D eigenvalue weighted by atomic mass is 9.98. The quantitative estimate of drug-likeness (QED) is 0.818. The van der Waals surface area contributed by atoms with Gasteiger partial charge in [0.25, 0.3) is 0 Å². The van der Waals surface area contributed by atoms with Crippen molar-refractivity contribution >= 4 is 0 Å². The summed E-state index contributed by atoms with van der Waals surface area (Å²) in [5, 5.41) is 18.9. The average Bonchev–Trinajstić information content (AvgIpc) is 2.28. The number of benzene rings is 2. The van der Waals surface area contributed by atoms with Crippen molar-refractivity contribution in [2.45, 2.75) is 19.8 Å². The van der Waals surface area contributed by atoms with Crippen LogP contribution in [0.2, 0.25) is 0 Å². The fourth-order valence-corrected chi connectivity index (χ4v) is 1.82. The van der Waals surface area contributed by atoms with Gasteiger partial charge >= 0.3 is 0 Å². The topological polar surface area (TPSA) is 40.5 Å². The third-order valence-corrected chi connectivity index (χ3v) is 2.81. The summed E-state index contributed by atoms with van der Waals surface area (Å²) in [6.45, 7) is 4.30. The first-order valence-electron chi connectivity index (χ1n) is 5.69. The molecule has 0 aliphatic heterocycles. The van der Waals surface area contributed by atoms with Crippen molar-refractivity contribution < 1.29 is 10.2 Å². The van der Waals surface area contributed by atoms with Gasteiger partial charge in [-0.1, -0.05) is 38.1 Å². The van der Waals surface area contributed by atoms with Crippen LogP contribution in [0.1, 0.15) is 25.3 Å². The lowest BCUT2D eigenvalue weighted by Gasteiger charge is -2.08. The Kier molecular flexibility index (Phi) is 3.05. The molecule has 0 aromatic heterocycles. The molecule has 0 amide bonds. The molecule has 0 heterocycles. The summed E-state index contributed by atoms with van der Waals surface area (Å²) in [7, 11) is 0. The van der Waals surface area contributed by atoms with E-state index in [2.05, 4.69) is 26.0 Å². The highest BCUT2D eigenvalue weighted by molar-refractivity contribution is 5.67. The van der Waals surface area contributed by atoms with Crippen LogP contribution < -0.4 is 0 Å². The molecule has 2 aromatic carbocycles. The van der Waals surface area contributed by atoms with Crippen LogP contribution in [0.4, 0.5) is 0 Å². The van der Waals surface area contributed by atoms with E-state index in [-0.39, 0.29) is 11.5 Å². The van der Waals surface area contributed by atoms with Crippen molar-refractivity contribution in [2.24, 2.45) is 0 Å². The van der Waals surface area contributed by atoms with Crippen molar-refractivity contribution in [3.05, 3.63) is 48.0 Å². The maximum absolute atomic E-state index is 9.44. The van der Waals surface area contributed by atoms with Gasteiger partial charge in [-0.3, -0.25) is 0 Å². The first-order chi connectivity index (χ1) is 8.06. The number of hydrogen-bond donors (Lipinski definition) is 2. The molecule has 88 valence electrons. The lowest BCUT2D eigenvalue weighted by molar-refractivity contribution is 0.451. The van der Waals surface area contributed by atoms with E-state index < -0.39 is 0 Å². The molecule has 0 aliphatic rings. The minimum absolute atomic E-state index is 0.0768. The van der Waals surface area contributed by atoms with Crippen molar-refractivity contribution in [1.29, 1.82) is 0 Å². The molecular formula is C15H16O2. The van der Waals surface area contributed by atoms with Crippen LogP contribution in [-0.4, -0.2) is 10.2 Å². The molecule has 0 fully saturated rings. The fourth-order valence-electron chi connectivity index (χ4n) is 1.82. The summed E-state index contributed by atoms with van der Waals surface area (Å²) in [6, 6.07) is 12.8. The Bertz CT molecular complexity index is 493. The molecule has 0 saturated carbocycles. The van der Waals surface area contributed by atoms with Crippen molar-refractivity contribution in [2.75, 3.05) is 0 Å². The Balaban J connectivity index is 2.39. The Morgan fingerprint density at radius 2 is 1.29 bits per heavy atom. The summed E-state index contributed by atoms with van der Waals surface area (Å²) >= 11 is 0. The van der Waals surface area contributed by atoms with Gasteiger partial charge in [-0.2, -0.15) is 0 Å². The molecular weight excluding hydrogens is 212 g/mol. The summed E-state index contributed by atoms with van der Waals surface area (Å²) in [5.74, 6) is 0.655. The normalized spacial score (nSPS) is 10.8. The standard InChI is InChI=1S/C15H16O2/c1-10(2)11-3-5-12(6-4-11)13-7-14(16)9-15(17)8-13/h3-10,16-17H,1-2H3. The van der Waals surface area contributed by atoms with Crippen LogP contribution in [0.3, 0.4) is 0 Å². The zero-order valence-electron chi connectivity index (χ0n) is 10.0. The van der Waals surface area contributed by atoms with Crippen molar-refractivity contribution in [1.82, 2.24) is 0 Å². The fraction of sp³-hybridized carbons (Fsp3) is 0.200.